The van der Waals surface area contributed by atoms with E-state index in [0.29, 0.717) is 18.1 Å². The lowest BCUT2D eigenvalue weighted by Crippen LogP contribution is -2.44. The molecule has 0 aromatic carbocycles. The zero-order valence-corrected chi connectivity index (χ0v) is 17.6. The lowest BCUT2D eigenvalue weighted by Gasteiger charge is -2.22. The van der Waals surface area contributed by atoms with E-state index in [1.54, 1.807) is 17.4 Å². The van der Waals surface area contributed by atoms with Gasteiger partial charge in [0.05, 0.1) is 13.1 Å². The fraction of sp³-hybridized carbons (Fsp3) is 0.450. The standard InChI is InChI=1S/C20H24N6O3S/c1-14-8-9-17(29-14)20-22-24-26(23-20)13-19(28)25(11-16-7-4-10-30-16)12-18(27)21-15-5-2-3-6-15/h4,7-10,15H,2-3,5-6,11-13H2,1H3,(H,21,27). The minimum atomic E-state index is -0.246. The third-order valence-corrected chi connectivity index (χ3v) is 5.89. The maximum Gasteiger partial charge on any atom is 0.247 e. The van der Waals surface area contributed by atoms with Crippen molar-refractivity contribution in [2.75, 3.05) is 6.54 Å². The molecule has 1 saturated carbocycles. The van der Waals surface area contributed by atoms with Crippen LogP contribution in [0.2, 0.25) is 0 Å². The van der Waals surface area contributed by atoms with E-state index in [2.05, 4.69) is 20.7 Å². The van der Waals surface area contributed by atoms with Crippen molar-refractivity contribution in [3.05, 3.63) is 40.3 Å². The molecule has 0 atom stereocenters. The summed E-state index contributed by atoms with van der Waals surface area (Å²) < 4.78 is 5.50. The van der Waals surface area contributed by atoms with Gasteiger partial charge in [-0.25, -0.2) is 0 Å². The SMILES string of the molecule is Cc1ccc(-c2nnn(CC(=O)N(CC(=O)NC3CCCC3)Cc3cccs3)n2)o1. The second kappa shape index (κ2) is 9.21. The molecule has 3 aromatic heterocycles. The molecule has 3 aromatic rings. The van der Waals surface area contributed by atoms with Gasteiger partial charge in [0, 0.05) is 10.9 Å². The number of hydrogen-bond donors (Lipinski definition) is 1. The number of tetrazole rings is 1. The summed E-state index contributed by atoms with van der Waals surface area (Å²) >= 11 is 1.55. The van der Waals surface area contributed by atoms with Crippen LogP contribution in [0.5, 0.6) is 0 Å². The summed E-state index contributed by atoms with van der Waals surface area (Å²) in [6, 6.07) is 7.66. The van der Waals surface area contributed by atoms with Gasteiger partial charge in [-0.15, -0.1) is 21.5 Å². The van der Waals surface area contributed by atoms with Gasteiger partial charge in [-0.2, -0.15) is 4.80 Å². The molecule has 0 radical (unpaired) electrons. The smallest absolute Gasteiger partial charge is 0.247 e. The van der Waals surface area contributed by atoms with Crippen LogP contribution in [0.25, 0.3) is 11.6 Å². The van der Waals surface area contributed by atoms with Gasteiger partial charge in [-0.3, -0.25) is 9.59 Å². The molecule has 0 unspecified atom stereocenters. The Morgan fingerprint density at radius 1 is 1.30 bits per heavy atom. The molecular weight excluding hydrogens is 404 g/mol. The van der Waals surface area contributed by atoms with Crippen LogP contribution >= 0.6 is 11.3 Å². The predicted molar refractivity (Wildman–Crippen MR) is 110 cm³/mol. The number of nitrogens with one attached hydrogen (secondary N) is 1. The number of rotatable bonds is 8. The summed E-state index contributed by atoms with van der Waals surface area (Å²) in [5.74, 6) is 1.18. The highest BCUT2D eigenvalue weighted by Gasteiger charge is 2.23. The van der Waals surface area contributed by atoms with E-state index in [1.165, 1.54) is 9.70 Å². The summed E-state index contributed by atoms with van der Waals surface area (Å²) in [5.41, 5.74) is 0. The molecule has 1 aliphatic rings. The average molecular weight is 429 g/mol. The van der Waals surface area contributed by atoms with Gasteiger partial charge in [0.2, 0.25) is 17.6 Å². The van der Waals surface area contributed by atoms with Gasteiger partial charge < -0.3 is 14.6 Å². The largest absolute Gasteiger partial charge is 0.458 e. The maximum atomic E-state index is 13.0. The minimum Gasteiger partial charge on any atom is -0.458 e. The number of carbonyl (C=O) groups excluding carboxylic acids is 2. The van der Waals surface area contributed by atoms with Crippen LogP contribution in [0.1, 0.15) is 36.3 Å². The van der Waals surface area contributed by atoms with Crippen molar-refractivity contribution in [2.45, 2.75) is 51.7 Å². The van der Waals surface area contributed by atoms with Crippen LogP contribution in [0, 0.1) is 6.92 Å². The molecule has 0 spiro atoms. The van der Waals surface area contributed by atoms with Crippen molar-refractivity contribution >= 4 is 23.2 Å². The second-order valence-electron chi connectivity index (χ2n) is 7.43. The van der Waals surface area contributed by atoms with Crippen molar-refractivity contribution < 1.29 is 14.0 Å². The number of carbonyl (C=O) groups is 2. The Balaban J connectivity index is 1.42. The first kappa shape index (κ1) is 20.3. The molecular formula is C20H24N6O3S. The second-order valence-corrected chi connectivity index (χ2v) is 8.46. The summed E-state index contributed by atoms with van der Waals surface area (Å²) in [6.45, 7) is 2.10. The number of thiophene rings is 1. The maximum absolute atomic E-state index is 13.0. The van der Waals surface area contributed by atoms with E-state index < -0.39 is 0 Å². The molecule has 9 nitrogen and oxygen atoms in total. The van der Waals surface area contributed by atoms with E-state index in [9.17, 15) is 9.59 Å². The first-order valence-corrected chi connectivity index (χ1v) is 10.9. The number of amides is 2. The molecule has 158 valence electrons. The fourth-order valence-corrected chi connectivity index (χ4v) is 4.24. The zero-order chi connectivity index (χ0) is 20.9. The van der Waals surface area contributed by atoms with E-state index in [1.807, 2.05) is 30.5 Å². The molecule has 30 heavy (non-hydrogen) atoms. The van der Waals surface area contributed by atoms with Crippen molar-refractivity contribution in [3.63, 3.8) is 0 Å². The molecule has 1 aliphatic carbocycles. The molecule has 0 aliphatic heterocycles. The van der Waals surface area contributed by atoms with Crippen LogP contribution in [-0.4, -0.2) is 49.5 Å². The summed E-state index contributed by atoms with van der Waals surface area (Å²) in [7, 11) is 0. The van der Waals surface area contributed by atoms with E-state index in [0.717, 1.165) is 36.3 Å². The molecule has 1 fully saturated rings. The van der Waals surface area contributed by atoms with Crippen LogP contribution in [0.3, 0.4) is 0 Å². The number of furan rings is 1. The van der Waals surface area contributed by atoms with Crippen molar-refractivity contribution in [1.29, 1.82) is 0 Å². The Labute approximate surface area is 178 Å². The Kier molecular flexibility index (Phi) is 6.22. The Bertz CT molecular complexity index is 990. The Hall–Kier alpha value is -3.01. The first-order valence-electron chi connectivity index (χ1n) is 10.0. The van der Waals surface area contributed by atoms with Gasteiger partial charge in [-0.1, -0.05) is 18.9 Å². The van der Waals surface area contributed by atoms with Crippen molar-refractivity contribution in [2.24, 2.45) is 0 Å². The van der Waals surface area contributed by atoms with Crippen LogP contribution in [-0.2, 0) is 22.7 Å². The molecule has 1 N–H and O–H groups in total. The molecule has 4 rings (SSSR count). The normalized spacial score (nSPS) is 14.2. The third kappa shape index (κ3) is 5.12. The first-order chi connectivity index (χ1) is 14.6. The van der Waals surface area contributed by atoms with Crippen LogP contribution in [0.4, 0.5) is 0 Å². The van der Waals surface area contributed by atoms with Crippen molar-refractivity contribution in [1.82, 2.24) is 30.4 Å². The van der Waals surface area contributed by atoms with Crippen LogP contribution in [0.15, 0.2) is 34.1 Å². The zero-order valence-electron chi connectivity index (χ0n) is 16.8. The van der Waals surface area contributed by atoms with Crippen LogP contribution < -0.4 is 5.32 Å². The molecule has 10 heteroatoms. The summed E-state index contributed by atoms with van der Waals surface area (Å²) in [4.78, 5) is 29.3. The lowest BCUT2D eigenvalue weighted by atomic mass is 10.2. The predicted octanol–water partition coefficient (Wildman–Crippen LogP) is 2.39. The quantitative estimate of drug-likeness (QED) is 0.590. The number of nitrogens with zero attached hydrogens (tertiary/aromatic N) is 5. The number of hydrogen-bond acceptors (Lipinski definition) is 7. The van der Waals surface area contributed by atoms with Gasteiger partial charge in [-0.05, 0) is 48.6 Å². The number of aromatic nitrogens is 4. The highest BCUT2D eigenvalue weighted by atomic mass is 32.1. The Morgan fingerprint density at radius 3 is 2.83 bits per heavy atom. The van der Waals surface area contributed by atoms with Gasteiger partial charge in [0.15, 0.2) is 5.76 Å². The topological polar surface area (TPSA) is 106 Å². The molecule has 0 bridgehead atoms. The average Bonchev–Trinajstić information content (AvgIpc) is 3.49. The monoisotopic (exact) mass is 428 g/mol. The summed E-state index contributed by atoms with van der Waals surface area (Å²) in [5, 5.41) is 17.1. The molecule has 2 amide bonds. The highest BCUT2D eigenvalue weighted by Crippen LogP contribution is 2.18. The van der Waals surface area contributed by atoms with E-state index in [4.69, 9.17) is 4.42 Å². The summed E-state index contributed by atoms with van der Waals surface area (Å²) in [6.07, 6.45) is 4.28. The molecule has 3 heterocycles. The van der Waals surface area contributed by atoms with Gasteiger partial charge in [0.25, 0.3) is 0 Å². The highest BCUT2D eigenvalue weighted by molar-refractivity contribution is 7.09. The van der Waals surface area contributed by atoms with E-state index in [-0.39, 0.29) is 30.9 Å². The minimum absolute atomic E-state index is 0.00612. The Morgan fingerprint density at radius 2 is 2.13 bits per heavy atom. The fourth-order valence-electron chi connectivity index (χ4n) is 3.52. The van der Waals surface area contributed by atoms with E-state index >= 15 is 0 Å². The third-order valence-electron chi connectivity index (χ3n) is 5.02. The van der Waals surface area contributed by atoms with Gasteiger partial charge in [0.1, 0.15) is 12.3 Å². The number of aryl methyl sites for hydroxylation is 1. The molecule has 0 saturated heterocycles. The lowest BCUT2D eigenvalue weighted by molar-refractivity contribution is -0.137. The van der Waals surface area contributed by atoms with Crippen molar-refractivity contribution in [3.8, 4) is 11.6 Å². The van der Waals surface area contributed by atoms with Gasteiger partial charge >= 0.3 is 0 Å².